The summed E-state index contributed by atoms with van der Waals surface area (Å²) in [6.45, 7) is 1.07. The average molecular weight is 359 g/mol. The maximum atomic E-state index is 13.7. The summed E-state index contributed by atoms with van der Waals surface area (Å²) in [4.78, 5) is 3.89. The predicted octanol–water partition coefficient (Wildman–Crippen LogP) is 1.03. The molecule has 7 nitrogen and oxygen atoms in total. The molecule has 0 N–H and O–H groups in total. The molecule has 24 heavy (non-hydrogen) atoms. The van der Waals surface area contributed by atoms with Crippen LogP contribution in [0.3, 0.4) is 0 Å². The van der Waals surface area contributed by atoms with Gasteiger partial charge in [0.05, 0.1) is 12.2 Å². The summed E-state index contributed by atoms with van der Waals surface area (Å²) < 4.78 is 52.5. The van der Waals surface area contributed by atoms with Gasteiger partial charge in [0.25, 0.3) is 16.1 Å². The molecule has 9 heteroatoms. The molecule has 2 saturated heterocycles. The van der Waals surface area contributed by atoms with Crippen molar-refractivity contribution in [1.29, 1.82) is 0 Å². The highest BCUT2D eigenvalue weighted by Gasteiger charge is 2.47. The highest BCUT2D eigenvalue weighted by molar-refractivity contribution is 7.86. The zero-order chi connectivity index (χ0) is 17.4. The van der Waals surface area contributed by atoms with Gasteiger partial charge in [0.2, 0.25) is 0 Å². The minimum Gasteiger partial charge on any atom is -0.470 e. The minimum atomic E-state index is -3.47. The van der Waals surface area contributed by atoms with Crippen molar-refractivity contribution in [3.05, 3.63) is 24.1 Å². The van der Waals surface area contributed by atoms with E-state index in [4.69, 9.17) is 9.47 Å². The number of hydrogen-bond donors (Lipinski definition) is 0. The van der Waals surface area contributed by atoms with Gasteiger partial charge in [0.1, 0.15) is 6.10 Å². The van der Waals surface area contributed by atoms with Gasteiger partial charge in [-0.2, -0.15) is 17.0 Å². The Morgan fingerprint density at radius 3 is 3.00 bits per heavy atom. The van der Waals surface area contributed by atoms with Crippen molar-refractivity contribution in [2.45, 2.75) is 31.0 Å². The first-order chi connectivity index (χ1) is 11.3. The molecule has 2 fully saturated rings. The third kappa shape index (κ3) is 3.39. The molecule has 3 rings (SSSR count). The van der Waals surface area contributed by atoms with Crippen molar-refractivity contribution in [3.63, 3.8) is 0 Å². The normalized spacial score (nSPS) is 28.6. The first kappa shape index (κ1) is 17.5. The monoisotopic (exact) mass is 359 g/mol. The van der Waals surface area contributed by atoms with E-state index in [2.05, 4.69) is 4.98 Å². The molecule has 0 aromatic carbocycles. The lowest BCUT2D eigenvalue weighted by Crippen LogP contribution is -2.53. The Kier molecular flexibility index (Phi) is 4.78. The largest absolute Gasteiger partial charge is 0.470 e. The van der Waals surface area contributed by atoms with E-state index in [0.717, 1.165) is 12.8 Å². The Balaban J connectivity index is 1.68. The third-order valence-corrected chi connectivity index (χ3v) is 6.36. The Morgan fingerprint density at radius 2 is 2.29 bits per heavy atom. The van der Waals surface area contributed by atoms with Gasteiger partial charge in [-0.3, -0.25) is 0 Å². The molecule has 0 radical (unpaired) electrons. The first-order valence-corrected chi connectivity index (χ1v) is 9.31. The van der Waals surface area contributed by atoms with Crippen LogP contribution < -0.4 is 4.74 Å². The number of halogens is 1. The summed E-state index contributed by atoms with van der Waals surface area (Å²) in [6, 6.07) is 2.79. The van der Waals surface area contributed by atoms with E-state index in [-0.39, 0.29) is 18.5 Å². The predicted molar refractivity (Wildman–Crippen MR) is 85.3 cm³/mol. The van der Waals surface area contributed by atoms with Crippen molar-refractivity contribution in [2.24, 2.45) is 0 Å². The Labute approximate surface area is 141 Å². The van der Waals surface area contributed by atoms with Crippen molar-refractivity contribution in [1.82, 2.24) is 13.6 Å². The van der Waals surface area contributed by atoms with E-state index in [1.165, 1.54) is 41.0 Å². The number of ether oxygens (including phenoxy) is 2. The van der Waals surface area contributed by atoms with E-state index in [0.29, 0.717) is 19.6 Å². The molecule has 0 saturated carbocycles. The van der Waals surface area contributed by atoms with Crippen molar-refractivity contribution in [3.8, 4) is 5.88 Å². The fourth-order valence-corrected chi connectivity index (χ4v) is 4.48. The molecular formula is C15H22FN3O4S. The van der Waals surface area contributed by atoms with Crippen LogP contribution in [0.5, 0.6) is 5.88 Å². The lowest BCUT2D eigenvalue weighted by atomic mass is 9.90. The summed E-state index contributed by atoms with van der Waals surface area (Å²) in [5.74, 6) is -0.560. The van der Waals surface area contributed by atoms with E-state index < -0.39 is 21.6 Å². The van der Waals surface area contributed by atoms with Crippen molar-refractivity contribution < 1.29 is 22.3 Å². The number of piperidine rings is 1. The van der Waals surface area contributed by atoms with E-state index in [1.807, 2.05) is 0 Å². The second-order valence-electron chi connectivity index (χ2n) is 6.46. The molecule has 2 aliphatic heterocycles. The number of hydrogen-bond acceptors (Lipinski definition) is 5. The second kappa shape index (κ2) is 6.55. The van der Waals surface area contributed by atoms with Crippen molar-refractivity contribution >= 4 is 10.2 Å². The van der Waals surface area contributed by atoms with Gasteiger partial charge in [0.15, 0.2) is 5.82 Å². The molecule has 0 unspecified atom stereocenters. The average Bonchev–Trinajstić information content (AvgIpc) is 2.91. The van der Waals surface area contributed by atoms with Crippen LogP contribution in [0.4, 0.5) is 4.39 Å². The molecule has 1 aromatic rings. The maximum Gasteiger partial charge on any atom is 0.281 e. The summed E-state index contributed by atoms with van der Waals surface area (Å²) >= 11 is 0. The fraction of sp³-hybridized carbons (Fsp3) is 0.667. The molecule has 0 bridgehead atoms. The maximum absolute atomic E-state index is 13.7. The van der Waals surface area contributed by atoms with Gasteiger partial charge in [-0.05, 0) is 25.0 Å². The summed E-state index contributed by atoms with van der Waals surface area (Å²) in [5.41, 5.74) is -0.572. The van der Waals surface area contributed by atoms with Crippen molar-refractivity contribution in [2.75, 3.05) is 33.8 Å². The summed E-state index contributed by atoms with van der Waals surface area (Å²) in [7, 11) is -0.441. The molecule has 0 amide bonds. The van der Waals surface area contributed by atoms with Gasteiger partial charge >= 0.3 is 0 Å². The second-order valence-corrected chi connectivity index (χ2v) is 8.60. The van der Waals surface area contributed by atoms with Gasteiger partial charge in [-0.15, -0.1) is 0 Å². The van der Waals surface area contributed by atoms with Crippen LogP contribution in [0, 0.1) is 5.82 Å². The summed E-state index contributed by atoms with van der Waals surface area (Å²) in [5, 5.41) is 0. The Morgan fingerprint density at radius 1 is 1.50 bits per heavy atom. The number of pyridine rings is 1. The van der Waals surface area contributed by atoms with Gasteiger partial charge in [-0.25, -0.2) is 9.37 Å². The zero-order valence-corrected chi connectivity index (χ0v) is 14.6. The number of nitrogens with zero attached hydrogens (tertiary/aromatic N) is 3. The van der Waals surface area contributed by atoms with E-state index >= 15 is 0 Å². The number of rotatable bonds is 4. The fourth-order valence-electron chi connectivity index (χ4n) is 3.26. The molecular weight excluding hydrogens is 337 g/mol. The van der Waals surface area contributed by atoms with Crippen LogP contribution in [0.2, 0.25) is 0 Å². The topological polar surface area (TPSA) is 72.0 Å². The van der Waals surface area contributed by atoms with Gasteiger partial charge < -0.3 is 9.47 Å². The van der Waals surface area contributed by atoms with Crippen LogP contribution in [0.15, 0.2) is 18.3 Å². The third-order valence-electron chi connectivity index (χ3n) is 4.47. The van der Waals surface area contributed by atoms with E-state index in [9.17, 15) is 12.8 Å². The molecule has 0 aliphatic carbocycles. The van der Waals surface area contributed by atoms with Crippen LogP contribution in [-0.4, -0.2) is 67.5 Å². The number of aromatic nitrogens is 1. The van der Waals surface area contributed by atoms with Crippen LogP contribution in [-0.2, 0) is 14.9 Å². The first-order valence-electron chi connectivity index (χ1n) is 7.91. The molecule has 3 heterocycles. The standard InChI is InChI=1S/C15H22FN3O4S/c1-18(2)24(20,21)19-8-4-6-15(11-19)9-12(10-22-15)23-14-13(16)5-3-7-17-14/h3,5,7,12H,4,6,8-11H2,1-2H3/t12-,15-/m1/s1. The molecule has 1 aromatic heterocycles. The Hall–Kier alpha value is -1.29. The zero-order valence-electron chi connectivity index (χ0n) is 13.8. The SMILES string of the molecule is CN(C)S(=O)(=O)N1CCC[C@@]2(C[C@@H](Oc3ncccc3F)CO2)C1. The highest BCUT2D eigenvalue weighted by Crippen LogP contribution is 2.37. The van der Waals surface area contributed by atoms with Gasteiger partial charge in [0, 0.05) is 39.8 Å². The molecule has 134 valence electrons. The van der Waals surface area contributed by atoms with E-state index in [1.54, 1.807) is 0 Å². The molecule has 2 aliphatic rings. The quantitative estimate of drug-likeness (QED) is 0.803. The van der Waals surface area contributed by atoms with Crippen LogP contribution >= 0.6 is 0 Å². The van der Waals surface area contributed by atoms with Gasteiger partial charge in [-0.1, -0.05) is 0 Å². The Bertz CT molecular complexity index is 700. The van der Waals surface area contributed by atoms with Crippen LogP contribution in [0.25, 0.3) is 0 Å². The summed E-state index contributed by atoms with van der Waals surface area (Å²) in [6.07, 6.45) is 3.13. The van der Waals surface area contributed by atoms with Crippen LogP contribution in [0.1, 0.15) is 19.3 Å². The highest BCUT2D eigenvalue weighted by atomic mass is 32.2. The molecule has 2 atom stereocenters. The molecule has 1 spiro atoms. The smallest absolute Gasteiger partial charge is 0.281 e. The minimum absolute atomic E-state index is 0.0447. The lowest BCUT2D eigenvalue weighted by Gasteiger charge is -2.39. The lowest BCUT2D eigenvalue weighted by molar-refractivity contribution is -0.0346.